The smallest absolute Gasteiger partial charge is 0.230 e. The Bertz CT molecular complexity index is 648. The van der Waals surface area contributed by atoms with Gasteiger partial charge in [0, 0.05) is 11.5 Å². The molecule has 1 aromatic carbocycles. The zero-order valence-electron chi connectivity index (χ0n) is 13.6. The molecule has 3 rings (SSSR count). The van der Waals surface area contributed by atoms with Crippen LogP contribution in [0.3, 0.4) is 0 Å². The Morgan fingerprint density at radius 1 is 1.13 bits per heavy atom. The first-order valence-electron chi connectivity index (χ1n) is 8.01. The molecule has 124 valence electrons. The average Bonchev–Trinajstić information content (AvgIpc) is 3.11. The quantitative estimate of drug-likeness (QED) is 0.912. The maximum absolute atomic E-state index is 5.74. The maximum atomic E-state index is 5.74. The van der Waals surface area contributed by atoms with Crippen molar-refractivity contribution in [1.82, 2.24) is 10.1 Å². The van der Waals surface area contributed by atoms with Gasteiger partial charge in [0.2, 0.25) is 11.7 Å². The molecular formula is C17H23N3O3. The van der Waals surface area contributed by atoms with Crippen LogP contribution in [-0.4, -0.2) is 30.9 Å². The van der Waals surface area contributed by atoms with Crippen molar-refractivity contribution in [1.29, 1.82) is 0 Å². The van der Waals surface area contributed by atoms with Crippen LogP contribution in [0.15, 0.2) is 22.7 Å². The van der Waals surface area contributed by atoms with Gasteiger partial charge in [-0.05, 0) is 56.3 Å². The molecule has 6 nitrogen and oxygen atoms in total. The Hall–Kier alpha value is -2.08. The Morgan fingerprint density at radius 2 is 1.87 bits per heavy atom. The summed E-state index contributed by atoms with van der Waals surface area (Å²) >= 11 is 0. The summed E-state index contributed by atoms with van der Waals surface area (Å²) < 4.78 is 16.1. The molecule has 1 heterocycles. The van der Waals surface area contributed by atoms with Crippen molar-refractivity contribution in [3.63, 3.8) is 0 Å². The summed E-state index contributed by atoms with van der Waals surface area (Å²) in [6.07, 6.45) is 4.40. The summed E-state index contributed by atoms with van der Waals surface area (Å²) in [5.41, 5.74) is 6.60. The average molecular weight is 317 g/mol. The van der Waals surface area contributed by atoms with Crippen molar-refractivity contribution in [3.8, 4) is 22.9 Å². The predicted octanol–water partition coefficient (Wildman–Crippen LogP) is 2.99. The molecule has 1 aliphatic rings. The van der Waals surface area contributed by atoms with Gasteiger partial charge in [-0.25, -0.2) is 0 Å². The number of methoxy groups -OCH3 is 2. The van der Waals surface area contributed by atoms with Gasteiger partial charge in [-0.1, -0.05) is 5.16 Å². The molecule has 1 aromatic heterocycles. The number of rotatable bonds is 5. The lowest BCUT2D eigenvalue weighted by atomic mass is 9.82. The van der Waals surface area contributed by atoms with Crippen molar-refractivity contribution in [2.45, 2.75) is 31.6 Å². The Kier molecular flexibility index (Phi) is 4.81. The van der Waals surface area contributed by atoms with Crippen LogP contribution in [0.2, 0.25) is 0 Å². The van der Waals surface area contributed by atoms with Crippen LogP contribution in [0.1, 0.15) is 37.5 Å². The zero-order chi connectivity index (χ0) is 16.2. The third-order valence-corrected chi connectivity index (χ3v) is 4.61. The van der Waals surface area contributed by atoms with E-state index >= 15 is 0 Å². The summed E-state index contributed by atoms with van der Waals surface area (Å²) in [6.45, 7) is 0.771. The van der Waals surface area contributed by atoms with E-state index in [0.29, 0.717) is 29.2 Å². The Balaban J connectivity index is 1.77. The zero-order valence-corrected chi connectivity index (χ0v) is 13.6. The molecule has 1 saturated carbocycles. The van der Waals surface area contributed by atoms with E-state index in [0.717, 1.165) is 43.7 Å². The van der Waals surface area contributed by atoms with Gasteiger partial charge in [-0.2, -0.15) is 4.98 Å². The van der Waals surface area contributed by atoms with Gasteiger partial charge in [0.05, 0.1) is 14.2 Å². The number of hydrogen-bond donors (Lipinski definition) is 1. The van der Waals surface area contributed by atoms with Crippen LogP contribution in [0, 0.1) is 5.92 Å². The lowest BCUT2D eigenvalue weighted by molar-refractivity contribution is 0.275. The molecule has 0 saturated heterocycles. The second-order valence-electron chi connectivity index (χ2n) is 5.98. The highest BCUT2D eigenvalue weighted by Gasteiger charge is 2.26. The molecule has 1 fully saturated rings. The van der Waals surface area contributed by atoms with E-state index in [-0.39, 0.29) is 0 Å². The van der Waals surface area contributed by atoms with Gasteiger partial charge >= 0.3 is 0 Å². The standard InChI is InChI=1S/C17H23N3O3/c1-21-14-8-7-13(9-15(14)22-2)16-19-17(23-20-16)12-5-3-11(10-18)4-6-12/h7-9,11-12H,3-6,10,18H2,1-2H3. The molecule has 0 unspecified atom stereocenters. The Morgan fingerprint density at radius 3 is 2.52 bits per heavy atom. The van der Waals surface area contributed by atoms with E-state index in [1.54, 1.807) is 14.2 Å². The predicted molar refractivity (Wildman–Crippen MR) is 86.6 cm³/mol. The molecule has 0 radical (unpaired) electrons. The van der Waals surface area contributed by atoms with Gasteiger partial charge in [-0.3, -0.25) is 0 Å². The molecule has 0 amide bonds. The molecule has 1 aliphatic carbocycles. The molecule has 23 heavy (non-hydrogen) atoms. The summed E-state index contributed by atoms with van der Waals surface area (Å²) in [6, 6.07) is 5.61. The highest BCUT2D eigenvalue weighted by atomic mass is 16.5. The van der Waals surface area contributed by atoms with Gasteiger partial charge in [-0.15, -0.1) is 0 Å². The fraction of sp³-hybridized carbons (Fsp3) is 0.529. The minimum absolute atomic E-state index is 0.346. The molecular weight excluding hydrogens is 294 g/mol. The summed E-state index contributed by atoms with van der Waals surface area (Å²) in [5.74, 6) is 3.63. The largest absolute Gasteiger partial charge is 0.493 e. The summed E-state index contributed by atoms with van der Waals surface area (Å²) in [7, 11) is 3.22. The first-order chi connectivity index (χ1) is 11.2. The normalized spacial score (nSPS) is 21.2. The van der Waals surface area contributed by atoms with Crippen molar-refractivity contribution in [2.75, 3.05) is 20.8 Å². The number of hydrogen-bond acceptors (Lipinski definition) is 6. The van der Waals surface area contributed by atoms with Crippen LogP contribution in [0.4, 0.5) is 0 Å². The van der Waals surface area contributed by atoms with Gasteiger partial charge in [0.1, 0.15) is 0 Å². The highest BCUT2D eigenvalue weighted by Crippen LogP contribution is 2.36. The van der Waals surface area contributed by atoms with E-state index in [1.807, 2.05) is 18.2 Å². The lowest BCUT2D eigenvalue weighted by Gasteiger charge is -2.24. The fourth-order valence-electron chi connectivity index (χ4n) is 3.14. The molecule has 2 N–H and O–H groups in total. The molecule has 6 heteroatoms. The van der Waals surface area contributed by atoms with Crippen LogP contribution in [0.5, 0.6) is 11.5 Å². The van der Waals surface area contributed by atoms with Crippen molar-refractivity contribution in [2.24, 2.45) is 11.7 Å². The van der Waals surface area contributed by atoms with Crippen LogP contribution in [0.25, 0.3) is 11.4 Å². The molecule has 0 atom stereocenters. The second kappa shape index (κ2) is 7.00. The van der Waals surface area contributed by atoms with Crippen molar-refractivity contribution < 1.29 is 14.0 Å². The first-order valence-corrected chi connectivity index (χ1v) is 8.01. The molecule has 0 bridgehead atoms. The number of nitrogens with zero attached hydrogens (tertiary/aromatic N) is 2. The van der Waals surface area contributed by atoms with Crippen LogP contribution >= 0.6 is 0 Å². The van der Waals surface area contributed by atoms with E-state index in [4.69, 9.17) is 19.7 Å². The summed E-state index contributed by atoms with van der Waals surface area (Å²) in [5, 5.41) is 4.12. The Labute approximate surface area is 136 Å². The first kappa shape index (κ1) is 15.8. The third-order valence-electron chi connectivity index (χ3n) is 4.61. The maximum Gasteiger partial charge on any atom is 0.230 e. The van der Waals surface area contributed by atoms with E-state index in [2.05, 4.69) is 10.1 Å². The van der Waals surface area contributed by atoms with Crippen LogP contribution < -0.4 is 15.2 Å². The van der Waals surface area contributed by atoms with Crippen molar-refractivity contribution in [3.05, 3.63) is 24.1 Å². The van der Waals surface area contributed by atoms with Crippen molar-refractivity contribution >= 4 is 0 Å². The number of aromatic nitrogens is 2. The van der Waals surface area contributed by atoms with Gasteiger partial charge in [0.25, 0.3) is 0 Å². The van der Waals surface area contributed by atoms with E-state index in [1.165, 1.54) is 0 Å². The molecule has 0 spiro atoms. The summed E-state index contributed by atoms with van der Waals surface area (Å²) in [4.78, 5) is 4.58. The highest BCUT2D eigenvalue weighted by molar-refractivity contribution is 5.60. The fourth-order valence-corrected chi connectivity index (χ4v) is 3.14. The topological polar surface area (TPSA) is 83.4 Å². The van der Waals surface area contributed by atoms with Crippen LogP contribution in [-0.2, 0) is 0 Å². The molecule has 0 aliphatic heterocycles. The minimum Gasteiger partial charge on any atom is -0.493 e. The lowest BCUT2D eigenvalue weighted by Crippen LogP contribution is -2.20. The van der Waals surface area contributed by atoms with E-state index < -0.39 is 0 Å². The second-order valence-corrected chi connectivity index (χ2v) is 5.98. The molecule has 2 aromatic rings. The van der Waals surface area contributed by atoms with Gasteiger partial charge < -0.3 is 19.7 Å². The third kappa shape index (κ3) is 3.32. The number of nitrogens with two attached hydrogens (primary N) is 1. The number of ether oxygens (including phenoxy) is 2. The van der Waals surface area contributed by atoms with Gasteiger partial charge in [0.15, 0.2) is 11.5 Å². The SMILES string of the molecule is COc1ccc(-c2noc(C3CCC(CN)CC3)n2)cc1OC. The monoisotopic (exact) mass is 317 g/mol. The van der Waals surface area contributed by atoms with E-state index in [9.17, 15) is 0 Å². The minimum atomic E-state index is 0.346. The number of benzene rings is 1.